The maximum absolute atomic E-state index is 11.9. The standard InChI is InChI=1S/C19H31N3O2/c1-6-14(4)15-7-9-16(10-8-15)19(13(2)3)22-12-18(24)21-11-17(23)20-5/h7-10,13-14,19,22H,6,11-12H2,1-5H3,(H,20,23)(H,21,24)/p+1/t14-,19-/m0/s1. The Kier molecular flexibility index (Phi) is 8.47. The minimum absolute atomic E-state index is 0.0269. The summed E-state index contributed by atoms with van der Waals surface area (Å²) in [6.45, 7) is 9.09. The van der Waals surface area contributed by atoms with E-state index in [0.29, 0.717) is 18.4 Å². The fraction of sp³-hybridized carbons (Fsp3) is 0.579. The molecule has 0 unspecified atom stereocenters. The molecule has 0 aliphatic rings. The molecule has 24 heavy (non-hydrogen) atoms. The smallest absolute Gasteiger partial charge is 0.275 e. The number of nitrogens with two attached hydrogens (primary N) is 1. The number of carbonyl (C=O) groups is 2. The van der Waals surface area contributed by atoms with E-state index in [4.69, 9.17) is 0 Å². The molecular formula is C19H32N3O2+. The zero-order valence-corrected chi connectivity index (χ0v) is 15.6. The van der Waals surface area contributed by atoms with Crippen molar-refractivity contribution in [2.24, 2.45) is 5.92 Å². The first-order valence-corrected chi connectivity index (χ1v) is 8.79. The van der Waals surface area contributed by atoms with Crippen molar-refractivity contribution in [2.75, 3.05) is 20.1 Å². The van der Waals surface area contributed by atoms with E-state index >= 15 is 0 Å². The van der Waals surface area contributed by atoms with Crippen LogP contribution in [0.2, 0.25) is 0 Å². The highest BCUT2D eigenvalue weighted by atomic mass is 16.2. The molecule has 0 heterocycles. The van der Waals surface area contributed by atoms with Gasteiger partial charge in [-0.1, -0.05) is 52.0 Å². The van der Waals surface area contributed by atoms with Crippen LogP contribution in [0.1, 0.15) is 57.2 Å². The molecule has 0 saturated carbocycles. The van der Waals surface area contributed by atoms with Gasteiger partial charge in [0.05, 0.1) is 6.54 Å². The molecule has 5 heteroatoms. The van der Waals surface area contributed by atoms with Gasteiger partial charge in [0.25, 0.3) is 5.91 Å². The number of hydrogen-bond acceptors (Lipinski definition) is 2. The number of quaternary nitrogens is 1. The van der Waals surface area contributed by atoms with E-state index in [0.717, 1.165) is 6.42 Å². The molecule has 0 saturated heterocycles. The molecule has 0 aromatic heterocycles. The van der Waals surface area contributed by atoms with Crippen LogP contribution < -0.4 is 16.0 Å². The second kappa shape index (κ2) is 10.1. The predicted molar refractivity (Wildman–Crippen MR) is 96.6 cm³/mol. The number of rotatable bonds is 9. The molecule has 1 aromatic carbocycles. The zero-order chi connectivity index (χ0) is 18.1. The average molecular weight is 334 g/mol. The fourth-order valence-electron chi connectivity index (χ4n) is 2.65. The second-order valence-electron chi connectivity index (χ2n) is 6.64. The van der Waals surface area contributed by atoms with Crippen molar-refractivity contribution in [1.82, 2.24) is 10.6 Å². The van der Waals surface area contributed by atoms with E-state index in [1.807, 2.05) is 5.32 Å². The third-order valence-electron chi connectivity index (χ3n) is 4.50. The highest BCUT2D eigenvalue weighted by molar-refractivity contribution is 5.84. The summed E-state index contributed by atoms with van der Waals surface area (Å²) in [4.78, 5) is 23.0. The lowest BCUT2D eigenvalue weighted by Crippen LogP contribution is -2.88. The van der Waals surface area contributed by atoms with Gasteiger partial charge in [-0.3, -0.25) is 9.59 Å². The molecular weight excluding hydrogens is 302 g/mol. The Labute approximate surface area is 145 Å². The van der Waals surface area contributed by atoms with Gasteiger partial charge in [0.1, 0.15) is 6.04 Å². The third-order valence-corrected chi connectivity index (χ3v) is 4.50. The molecule has 5 nitrogen and oxygen atoms in total. The van der Waals surface area contributed by atoms with Crippen LogP contribution in [0.5, 0.6) is 0 Å². The zero-order valence-electron chi connectivity index (χ0n) is 15.6. The molecule has 1 rings (SSSR count). The molecule has 0 radical (unpaired) electrons. The van der Waals surface area contributed by atoms with Crippen LogP contribution in [0.3, 0.4) is 0 Å². The molecule has 0 aliphatic heterocycles. The van der Waals surface area contributed by atoms with Gasteiger partial charge in [-0.2, -0.15) is 0 Å². The minimum atomic E-state index is -0.190. The summed E-state index contributed by atoms with van der Waals surface area (Å²) in [7, 11) is 1.55. The Balaban J connectivity index is 2.64. The molecule has 134 valence electrons. The Morgan fingerprint density at radius 3 is 2.12 bits per heavy atom. The van der Waals surface area contributed by atoms with Crippen molar-refractivity contribution < 1.29 is 14.9 Å². The first-order chi connectivity index (χ1) is 11.4. The summed E-state index contributed by atoms with van der Waals surface area (Å²) in [5, 5.41) is 7.16. The molecule has 2 atom stereocenters. The first kappa shape index (κ1) is 20.2. The third kappa shape index (κ3) is 6.32. The van der Waals surface area contributed by atoms with E-state index in [1.165, 1.54) is 11.1 Å². The van der Waals surface area contributed by atoms with Crippen molar-refractivity contribution in [2.45, 2.75) is 46.1 Å². The van der Waals surface area contributed by atoms with E-state index in [2.05, 4.69) is 62.6 Å². The average Bonchev–Trinajstić information content (AvgIpc) is 2.59. The van der Waals surface area contributed by atoms with Crippen LogP contribution in [0.25, 0.3) is 0 Å². The van der Waals surface area contributed by atoms with Gasteiger partial charge in [-0.05, 0) is 17.9 Å². The maximum Gasteiger partial charge on any atom is 0.275 e. The Morgan fingerprint density at radius 1 is 1.04 bits per heavy atom. The topological polar surface area (TPSA) is 74.8 Å². The Hall–Kier alpha value is -1.88. The summed E-state index contributed by atoms with van der Waals surface area (Å²) in [6.07, 6.45) is 1.13. The van der Waals surface area contributed by atoms with Gasteiger partial charge in [0, 0.05) is 18.5 Å². The molecule has 0 aliphatic carbocycles. The highest BCUT2D eigenvalue weighted by Gasteiger charge is 2.20. The second-order valence-corrected chi connectivity index (χ2v) is 6.64. The number of hydrogen-bond donors (Lipinski definition) is 3. The van der Waals surface area contributed by atoms with Crippen molar-refractivity contribution in [3.05, 3.63) is 35.4 Å². The number of benzene rings is 1. The van der Waals surface area contributed by atoms with Crippen molar-refractivity contribution in [1.29, 1.82) is 0 Å². The quantitative estimate of drug-likeness (QED) is 0.637. The summed E-state index contributed by atoms with van der Waals surface area (Å²) in [6, 6.07) is 8.95. The van der Waals surface area contributed by atoms with Gasteiger partial charge < -0.3 is 16.0 Å². The van der Waals surface area contributed by atoms with Crippen LogP contribution >= 0.6 is 0 Å². The Morgan fingerprint density at radius 2 is 1.62 bits per heavy atom. The summed E-state index contributed by atoms with van der Waals surface area (Å²) in [5.41, 5.74) is 2.59. The van der Waals surface area contributed by atoms with Crippen LogP contribution in [-0.2, 0) is 9.59 Å². The summed E-state index contributed by atoms with van der Waals surface area (Å²) in [5.74, 6) is 0.659. The number of nitrogens with one attached hydrogen (secondary N) is 2. The van der Waals surface area contributed by atoms with Gasteiger partial charge in [-0.25, -0.2) is 0 Å². The van der Waals surface area contributed by atoms with Gasteiger partial charge in [0.2, 0.25) is 5.91 Å². The molecule has 0 spiro atoms. The van der Waals surface area contributed by atoms with E-state index in [-0.39, 0.29) is 24.4 Å². The number of amides is 2. The number of carbonyl (C=O) groups excluding carboxylic acids is 2. The van der Waals surface area contributed by atoms with Gasteiger partial charge in [-0.15, -0.1) is 0 Å². The van der Waals surface area contributed by atoms with Crippen molar-refractivity contribution in [3.63, 3.8) is 0 Å². The number of likely N-dealkylation sites (N-methyl/N-ethyl adjacent to an activating group) is 1. The van der Waals surface area contributed by atoms with E-state index in [1.54, 1.807) is 7.05 Å². The lowest BCUT2D eigenvalue weighted by Gasteiger charge is -2.20. The normalized spacial score (nSPS) is 13.4. The van der Waals surface area contributed by atoms with Gasteiger partial charge in [0.15, 0.2) is 6.54 Å². The lowest BCUT2D eigenvalue weighted by molar-refractivity contribution is -0.692. The maximum atomic E-state index is 11.9. The van der Waals surface area contributed by atoms with Gasteiger partial charge >= 0.3 is 0 Å². The predicted octanol–water partition coefficient (Wildman–Crippen LogP) is 1.32. The molecule has 1 aromatic rings. The van der Waals surface area contributed by atoms with E-state index in [9.17, 15) is 9.59 Å². The molecule has 2 amide bonds. The monoisotopic (exact) mass is 334 g/mol. The summed E-state index contributed by atoms with van der Waals surface area (Å²) >= 11 is 0. The highest BCUT2D eigenvalue weighted by Crippen LogP contribution is 2.22. The largest absolute Gasteiger partial charge is 0.358 e. The van der Waals surface area contributed by atoms with Crippen molar-refractivity contribution in [3.8, 4) is 0 Å². The van der Waals surface area contributed by atoms with Crippen LogP contribution in [0.15, 0.2) is 24.3 Å². The summed E-state index contributed by atoms with van der Waals surface area (Å²) < 4.78 is 0. The Bertz CT molecular complexity index is 526. The first-order valence-electron chi connectivity index (χ1n) is 8.79. The van der Waals surface area contributed by atoms with Crippen molar-refractivity contribution >= 4 is 11.8 Å². The molecule has 4 N–H and O–H groups in total. The lowest BCUT2D eigenvalue weighted by atomic mass is 9.92. The molecule has 0 bridgehead atoms. The minimum Gasteiger partial charge on any atom is -0.358 e. The van der Waals surface area contributed by atoms with Crippen LogP contribution in [0, 0.1) is 5.92 Å². The van der Waals surface area contributed by atoms with E-state index < -0.39 is 0 Å². The molecule has 0 fully saturated rings. The van der Waals surface area contributed by atoms with Crippen LogP contribution in [-0.4, -0.2) is 32.0 Å². The van der Waals surface area contributed by atoms with Crippen LogP contribution in [0.4, 0.5) is 0 Å². The SMILES string of the molecule is CC[C@H](C)c1ccc([C@@H]([NH2+]CC(=O)NCC(=O)NC)C(C)C)cc1. The fourth-order valence-corrected chi connectivity index (χ4v) is 2.65.